The molecule has 0 saturated heterocycles. The molecule has 17 heteroatoms. The van der Waals surface area contributed by atoms with E-state index in [1.165, 1.54) is 56.7 Å². The predicted molar refractivity (Wildman–Crippen MR) is 171 cm³/mol. The highest BCUT2D eigenvalue weighted by Crippen LogP contribution is 2.43. The van der Waals surface area contributed by atoms with Crippen LogP contribution in [0.25, 0.3) is 0 Å². The van der Waals surface area contributed by atoms with Gasteiger partial charge in [0.05, 0.1) is 32.5 Å². The highest BCUT2D eigenvalue weighted by Gasteiger charge is 2.28. The number of benzene rings is 3. The largest absolute Gasteiger partial charge is 0.504 e. The number of pyridine rings is 1. The Kier molecular flexibility index (Phi) is 12.1. The fraction of sp³-hybridized carbons (Fsp3) is 0.188. The number of carbonyl (C=O) groups excluding carboxylic acids is 1. The van der Waals surface area contributed by atoms with Gasteiger partial charge in [0.25, 0.3) is 11.8 Å². The molecule has 0 saturated carbocycles. The number of aromatic nitrogens is 1. The SMILES string of the molecule is COCCOCCOC(=O)c1ccc(Oc2c(F)c(Oc3cccc(NC(=N)N)c3)nc(Oc3cc(C(=N)N)ccc3O)c2F)c(OC)c1. The highest BCUT2D eigenvalue weighted by molar-refractivity contribution is 5.95. The van der Waals surface area contributed by atoms with Crippen LogP contribution in [-0.2, 0) is 14.2 Å². The average molecular weight is 683 g/mol. The Morgan fingerprint density at radius 2 is 1.53 bits per heavy atom. The van der Waals surface area contributed by atoms with E-state index in [0.717, 1.165) is 12.1 Å². The summed E-state index contributed by atoms with van der Waals surface area (Å²) in [7, 11) is 2.77. The first-order valence-corrected chi connectivity index (χ1v) is 14.2. The van der Waals surface area contributed by atoms with Crippen molar-refractivity contribution in [2.24, 2.45) is 11.5 Å². The van der Waals surface area contributed by atoms with Crippen LogP contribution in [0.3, 0.4) is 0 Å². The van der Waals surface area contributed by atoms with Crippen LogP contribution in [0.4, 0.5) is 14.5 Å². The summed E-state index contributed by atoms with van der Waals surface area (Å²) < 4.78 is 69.3. The number of amidine groups is 1. The molecule has 0 fully saturated rings. The van der Waals surface area contributed by atoms with Crippen LogP contribution in [0.15, 0.2) is 60.7 Å². The fourth-order valence-corrected chi connectivity index (χ4v) is 3.99. The molecular formula is C32H32F2N6O9. The van der Waals surface area contributed by atoms with Crippen LogP contribution >= 0.6 is 0 Å². The van der Waals surface area contributed by atoms with E-state index in [1.54, 1.807) is 6.07 Å². The van der Waals surface area contributed by atoms with Gasteiger partial charge in [0.1, 0.15) is 18.2 Å². The number of phenolic OH excluding ortho intramolecular Hbond substituents is 1. The van der Waals surface area contributed by atoms with E-state index < -0.39 is 40.9 Å². The first kappa shape index (κ1) is 35.7. The molecule has 49 heavy (non-hydrogen) atoms. The summed E-state index contributed by atoms with van der Waals surface area (Å²) in [6, 6.07) is 13.2. The van der Waals surface area contributed by atoms with Crippen molar-refractivity contribution >= 4 is 23.5 Å². The van der Waals surface area contributed by atoms with Gasteiger partial charge in [-0.3, -0.25) is 10.8 Å². The molecule has 0 aliphatic carbocycles. The van der Waals surface area contributed by atoms with Crippen molar-refractivity contribution in [3.05, 3.63) is 83.4 Å². The van der Waals surface area contributed by atoms with Gasteiger partial charge in [-0.05, 0) is 48.5 Å². The second kappa shape index (κ2) is 16.6. The van der Waals surface area contributed by atoms with Crippen molar-refractivity contribution in [3.8, 4) is 46.3 Å². The fourth-order valence-electron chi connectivity index (χ4n) is 3.99. The number of guanidine groups is 1. The quantitative estimate of drug-likeness (QED) is 0.0402. The summed E-state index contributed by atoms with van der Waals surface area (Å²) in [6.07, 6.45) is 0. The van der Waals surface area contributed by atoms with Crippen LogP contribution < -0.4 is 35.7 Å². The molecule has 258 valence electrons. The third kappa shape index (κ3) is 9.43. The monoisotopic (exact) mass is 682 g/mol. The summed E-state index contributed by atoms with van der Waals surface area (Å²) in [5.74, 6) is -8.28. The number of hydrogen-bond acceptors (Lipinski definition) is 12. The molecule has 4 rings (SSSR count). The van der Waals surface area contributed by atoms with E-state index in [2.05, 4.69) is 10.3 Å². The normalized spacial score (nSPS) is 10.6. The summed E-state index contributed by atoms with van der Waals surface area (Å²) >= 11 is 0. The summed E-state index contributed by atoms with van der Waals surface area (Å²) in [4.78, 5) is 16.4. The molecule has 0 aliphatic heterocycles. The topological polar surface area (TPSA) is 227 Å². The first-order chi connectivity index (χ1) is 23.5. The molecular weight excluding hydrogens is 650 g/mol. The lowest BCUT2D eigenvalue weighted by molar-refractivity contribution is 0.0213. The standard InChI is InChI=1S/C32H32F2N6O9/c1-43-10-11-45-12-13-46-31(42)18-7-9-22(24(15-18)44-2)48-27-25(33)29(47-20-5-3-4-19(16-20)39-32(37)38)40-30(26(27)34)49-23-14-17(28(35)36)6-8-21(23)41/h3-9,14-16,41H,10-13H2,1-2H3,(H3,35,36)(H4,37,38,39). The number of nitrogens with two attached hydrogens (primary N) is 2. The molecule has 0 spiro atoms. The van der Waals surface area contributed by atoms with Crippen LogP contribution in [0, 0.1) is 22.5 Å². The Bertz CT molecular complexity index is 1840. The minimum Gasteiger partial charge on any atom is -0.504 e. The first-order valence-electron chi connectivity index (χ1n) is 14.2. The molecule has 0 bridgehead atoms. The molecule has 0 atom stereocenters. The molecule has 3 aromatic carbocycles. The Labute approximate surface area is 278 Å². The molecule has 15 nitrogen and oxygen atoms in total. The predicted octanol–water partition coefficient (Wildman–Crippen LogP) is 4.86. The number of rotatable bonds is 16. The van der Waals surface area contributed by atoms with E-state index in [0.29, 0.717) is 18.9 Å². The summed E-state index contributed by atoms with van der Waals surface area (Å²) in [6.45, 7) is 0.802. The number of hydrogen-bond donors (Lipinski definition) is 6. The third-order valence-corrected chi connectivity index (χ3v) is 6.29. The zero-order chi connectivity index (χ0) is 35.5. The number of carbonyl (C=O) groups is 1. The van der Waals surface area contributed by atoms with E-state index in [-0.39, 0.29) is 59.1 Å². The average Bonchev–Trinajstić information content (AvgIpc) is 3.07. The number of nitrogens with zero attached hydrogens (tertiary/aromatic N) is 1. The zero-order valence-electron chi connectivity index (χ0n) is 26.2. The number of phenols is 1. The van der Waals surface area contributed by atoms with E-state index in [1.807, 2.05) is 0 Å². The maximum atomic E-state index is 16.0. The van der Waals surface area contributed by atoms with Crippen LogP contribution in [0.2, 0.25) is 0 Å². The minimum atomic E-state index is -1.46. The second-order valence-electron chi connectivity index (χ2n) is 9.75. The van der Waals surface area contributed by atoms with Gasteiger partial charge in [0, 0.05) is 24.4 Å². The number of aromatic hydroxyl groups is 1. The van der Waals surface area contributed by atoms with Gasteiger partial charge in [-0.25, -0.2) is 4.79 Å². The zero-order valence-corrected chi connectivity index (χ0v) is 26.2. The highest BCUT2D eigenvalue weighted by atomic mass is 19.1. The number of methoxy groups -OCH3 is 2. The number of anilines is 1. The van der Waals surface area contributed by atoms with Crippen molar-refractivity contribution in [2.75, 3.05) is 46.0 Å². The number of esters is 1. The maximum Gasteiger partial charge on any atom is 0.338 e. The van der Waals surface area contributed by atoms with E-state index in [4.69, 9.17) is 55.4 Å². The Balaban J connectivity index is 1.70. The van der Waals surface area contributed by atoms with Gasteiger partial charge in [0.15, 0.2) is 29.0 Å². The van der Waals surface area contributed by atoms with Gasteiger partial charge < -0.3 is 55.0 Å². The molecule has 1 heterocycles. The van der Waals surface area contributed by atoms with Crippen molar-refractivity contribution in [2.45, 2.75) is 0 Å². The number of ether oxygens (including phenoxy) is 7. The number of nitrogens with one attached hydrogen (secondary N) is 3. The van der Waals surface area contributed by atoms with Crippen LogP contribution in [0.1, 0.15) is 15.9 Å². The molecule has 8 N–H and O–H groups in total. The molecule has 0 radical (unpaired) electrons. The third-order valence-electron chi connectivity index (χ3n) is 6.29. The van der Waals surface area contributed by atoms with E-state index in [9.17, 15) is 9.90 Å². The van der Waals surface area contributed by atoms with Crippen molar-refractivity contribution in [3.63, 3.8) is 0 Å². The van der Waals surface area contributed by atoms with Gasteiger partial charge in [0.2, 0.25) is 17.4 Å². The van der Waals surface area contributed by atoms with Gasteiger partial charge in [-0.2, -0.15) is 13.8 Å². The second-order valence-corrected chi connectivity index (χ2v) is 9.75. The molecule has 1 aromatic heterocycles. The Hall–Kier alpha value is -6.20. The number of nitrogen functional groups attached to an aromatic ring is 1. The summed E-state index contributed by atoms with van der Waals surface area (Å²) in [5.41, 5.74) is 11.4. The maximum absolute atomic E-state index is 16.0. The van der Waals surface area contributed by atoms with Gasteiger partial charge in [-0.1, -0.05) is 6.07 Å². The lowest BCUT2D eigenvalue weighted by Gasteiger charge is -2.17. The van der Waals surface area contributed by atoms with Crippen LogP contribution in [0.5, 0.6) is 46.3 Å². The molecule has 0 amide bonds. The van der Waals surface area contributed by atoms with Gasteiger partial charge in [-0.15, -0.1) is 0 Å². The van der Waals surface area contributed by atoms with Crippen molar-refractivity contribution in [1.82, 2.24) is 4.98 Å². The lowest BCUT2D eigenvalue weighted by atomic mass is 10.2. The molecule has 4 aromatic rings. The molecule has 0 unspecified atom stereocenters. The summed E-state index contributed by atoms with van der Waals surface area (Å²) in [5, 5.41) is 28.0. The molecule has 0 aliphatic rings. The van der Waals surface area contributed by atoms with Crippen molar-refractivity contribution < 1.29 is 51.8 Å². The van der Waals surface area contributed by atoms with Crippen LogP contribution in [-0.4, -0.2) is 68.5 Å². The van der Waals surface area contributed by atoms with Crippen molar-refractivity contribution in [1.29, 1.82) is 10.8 Å². The number of halogens is 2. The minimum absolute atomic E-state index is 0.00729. The van der Waals surface area contributed by atoms with E-state index >= 15 is 8.78 Å². The Morgan fingerprint density at radius 3 is 2.22 bits per heavy atom. The Morgan fingerprint density at radius 1 is 0.837 bits per heavy atom. The van der Waals surface area contributed by atoms with Gasteiger partial charge >= 0.3 is 5.97 Å². The lowest BCUT2D eigenvalue weighted by Crippen LogP contribution is -2.20. The smallest absolute Gasteiger partial charge is 0.338 e.